The molecule has 0 saturated carbocycles. The van der Waals surface area contributed by atoms with Gasteiger partial charge in [-0.05, 0) is 13.0 Å². The van der Waals surface area contributed by atoms with E-state index in [0.717, 1.165) is 61.1 Å². The maximum atomic E-state index is 4.61. The van der Waals surface area contributed by atoms with Gasteiger partial charge in [-0.2, -0.15) is 5.10 Å². The van der Waals surface area contributed by atoms with E-state index in [1.807, 2.05) is 46.1 Å². The highest BCUT2D eigenvalue weighted by Gasteiger charge is 2.14. The Morgan fingerprint density at radius 3 is 2.83 bits per heavy atom. The van der Waals surface area contributed by atoms with Crippen LogP contribution in [-0.2, 0) is 6.54 Å². The van der Waals surface area contributed by atoms with Crippen LogP contribution in [0, 0.1) is 0 Å². The van der Waals surface area contributed by atoms with Crippen LogP contribution in [0.2, 0.25) is 0 Å². The monoisotopic (exact) mass is 389 g/mol. The van der Waals surface area contributed by atoms with Crippen molar-refractivity contribution < 1.29 is 0 Å². The van der Waals surface area contributed by atoms with Crippen molar-refractivity contribution in [1.82, 2.24) is 34.4 Å². The second-order valence-corrected chi connectivity index (χ2v) is 6.96. The van der Waals surface area contributed by atoms with E-state index < -0.39 is 0 Å². The van der Waals surface area contributed by atoms with Crippen molar-refractivity contribution in [3.05, 3.63) is 49.3 Å². The van der Waals surface area contributed by atoms with Crippen LogP contribution >= 0.6 is 0 Å². The van der Waals surface area contributed by atoms with Crippen LogP contribution in [0.25, 0.3) is 16.9 Å². The molecular weight excluding hydrogens is 366 g/mol. The summed E-state index contributed by atoms with van der Waals surface area (Å²) in [5.41, 5.74) is 3.73. The van der Waals surface area contributed by atoms with Gasteiger partial charge < -0.3 is 15.5 Å². The molecule has 0 bridgehead atoms. The van der Waals surface area contributed by atoms with Gasteiger partial charge in [0.15, 0.2) is 11.5 Å². The Labute approximate surface area is 168 Å². The molecule has 5 heterocycles. The van der Waals surface area contributed by atoms with Gasteiger partial charge in [0.1, 0.15) is 5.82 Å². The summed E-state index contributed by atoms with van der Waals surface area (Å²) in [5, 5.41) is 11.1. The summed E-state index contributed by atoms with van der Waals surface area (Å²) in [6, 6.07) is 4.01. The third-order valence-electron chi connectivity index (χ3n) is 5.13. The standard InChI is InChI=1S/C20H23N9/c1-2-28-14-15(12-25-28)17-13-24-20-19(23-7-10-29(17)20)26-16-3-4-22-18(11-16)27-8-5-21-6-9-27/h3-4,7,10-14,21H,2,5-6,8-9H2,1H3,(H,22,23,26). The number of piperazine rings is 1. The number of imidazole rings is 1. The van der Waals surface area contributed by atoms with Gasteiger partial charge in [-0.3, -0.25) is 9.08 Å². The van der Waals surface area contributed by atoms with E-state index in [4.69, 9.17) is 0 Å². The second-order valence-electron chi connectivity index (χ2n) is 6.96. The Bertz CT molecular complexity index is 1120. The van der Waals surface area contributed by atoms with Gasteiger partial charge in [-0.15, -0.1) is 0 Å². The Morgan fingerprint density at radius 2 is 2.00 bits per heavy atom. The molecule has 0 atom stereocenters. The number of nitrogens with zero attached hydrogens (tertiary/aromatic N) is 7. The van der Waals surface area contributed by atoms with E-state index in [9.17, 15) is 0 Å². The molecule has 148 valence electrons. The predicted molar refractivity (Wildman–Crippen MR) is 112 cm³/mol. The summed E-state index contributed by atoms with van der Waals surface area (Å²) in [6.07, 6.45) is 11.3. The minimum Gasteiger partial charge on any atom is -0.354 e. The number of fused-ring (bicyclic) bond motifs is 1. The van der Waals surface area contributed by atoms with Crippen LogP contribution in [0.3, 0.4) is 0 Å². The summed E-state index contributed by atoms with van der Waals surface area (Å²) in [5.74, 6) is 1.68. The molecule has 9 nitrogen and oxygen atoms in total. The van der Waals surface area contributed by atoms with Crippen molar-refractivity contribution in [2.45, 2.75) is 13.5 Å². The summed E-state index contributed by atoms with van der Waals surface area (Å²) >= 11 is 0. The smallest absolute Gasteiger partial charge is 0.180 e. The van der Waals surface area contributed by atoms with Gasteiger partial charge in [-0.1, -0.05) is 0 Å². The number of pyridine rings is 1. The minimum atomic E-state index is 0.707. The van der Waals surface area contributed by atoms with Crippen LogP contribution in [-0.4, -0.2) is 55.3 Å². The van der Waals surface area contributed by atoms with Crippen LogP contribution < -0.4 is 15.5 Å². The first kappa shape index (κ1) is 17.6. The third-order valence-corrected chi connectivity index (χ3v) is 5.13. The first-order valence-electron chi connectivity index (χ1n) is 9.85. The van der Waals surface area contributed by atoms with Gasteiger partial charge in [0.2, 0.25) is 0 Å². The molecule has 9 heteroatoms. The maximum Gasteiger partial charge on any atom is 0.180 e. The summed E-state index contributed by atoms with van der Waals surface area (Å²) < 4.78 is 3.94. The topological polar surface area (TPSA) is 88.2 Å². The Kier molecular flexibility index (Phi) is 4.57. The Balaban J connectivity index is 1.45. The molecule has 0 radical (unpaired) electrons. The normalized spacial score (nSPS) is 14.4. The number of nitrogens with one attached hydrogen (secondary N) is 2. The van der Waals surface area contributed by atoms with Crippen LogP contribution in [0.4, 0.5) is 17.3 Å². The molecule has 0 aromatic carbocycles. The van der Waals surface area contributed by atoms with E-state index in [1.165, 1.54) is 0 Å². The zero-order chi connectivity index (χ0) is 19.6. The van der Waals surface area contributed by atoms with Crippen molar-refractivity contribution >= 4 is 23.0 Å². The molecule has 1 aliphatic rings. The zero-order valence-electron chi connectivity index (χ0n) is 16.3. The number of hydrogen-bond donors (Lipinski definition) is 2. The van der Waals surface area contributed by atoms with Crippen molar-refractivity contribution in [1.29, 1.82) is 0 Å². The molecule has 4 aromatic rings. The van der Waals surface area contributed by atoms with Crippen LogP contribution in [0.15, 0.2) is 49.3 Å². The van der Waals surface area contributed by atoms with E-state index in [0.29, 0.717) is 5.82 Å². The third kappa shape index (κ3) is 3.40. The predicted octanol–water partition coefficient (Wildman–Crippen LogP) is 2.16. The van der Waals surface area contributed by atoms with Gasteiger partial charge in [0.05, 0.1) is 18.1 Å². The van der Waals surface area contributed by atoms with Gasteiger partial charge >= 0.3 is 0 Å². The first-order valence-corrected chi connectivity index (χ1v) is 9.85. The van der Waals surface area contributed by atoms with Crippen molar-refractivity contribution in [3.63, 3.8) is 0 Å². The van der Waals surface area contributed by atoms with Crippen LogP contribution in [0.5, 0.6) is 0 Å². The lowest BCUT2D eigenvalue weighted by Crippen LogP contribution is -2.43. The van der Waals surface area contributed by atoms with E-state index in [2.05, 4.69) is 48.6 Å². The lowest BCUT2D eigenvalue weighted by molar-refractivity contribution is 0.585. The quantitative estimate of drug-likeness (QED) is 0.541. The van der Waals surface area contributed by atoms with E-state index >= 15 is 0 Å². The average molecular weight is 389 g/mol. The summed E-state index contributed by atoms with van der Waals surface area (Å²) in [7, 11) is 0. The highest BCUT2D eigenvalue weighted by Crippen LogP contribution is 2.26. The molecule has 1 aliphatic heterocycles. The Hall–Kier alpha value is -3.46. The van der Waals surface area contributed by atoms with Crippen molar-refractivity contribution in [2.24, 2.45) is 0 Å². The molecule has 0 amide bonds. The molecular formula is C20H23N9. The van der Waals surface area contributed by atoms with Gasteiger partial charge in [0.25, 0.3) is 0 Å². The lowest BCUT2D eigenvalue weighted by Gasteiger charge is -2.28. The van der Waals surface area contributed by atoms with Crippen molar-refractivity contribution in [3.8, 4) is 11.3 Å². The number of hydrogen-bond acceptors (Lipinski definition) is 7. The molecule has 29 heavy (non-hydrogen) atoms. The molecule has 1 fully saturated rings. The number of anilines is 3. The fourth-order valence-corrected chi connectivity index (χ4v) is 3.59. The van der Waals surface area contributed by atoms with E-state index in [1.54, 1.807) is 6.20 Å². The van der Waals surface area contributed by atoms with E-state index in [-0.39, 0.29) is 0 Å². The summed E-state index contributed by atoms with van der Waals surface area (Å²) in [4.78, 5) is 15.9. The number of aryl methyl sites for hydroxylation is 1. The first-order chi connectivity index (χ1) is 14.3. The molecule has 4 aromatic heterocycles. The lowest BCUT2D eigenvalue weighted by atomic mass is 10.3. The van der Waals surface area contributed by atoms with Gasteiger partial charge in [-0.25, -0.2) is 15.0 Å². The van der Waals surface area contributed by atoms with Crippen LogP contribution in [0.1, 0.15) is 6.92 Å². The molecule has 2 N–H and O–H groups in total. The Morgan fingerprint density at radius 1 is 1.10 bits per heavy atom. The fourth-order valence-electron chi connectivity index (χ4n) is 3.59. The summed E-state index contributed by atoms with van der Waals surface area (Å²) in [6.45, 7) is 6.78. The molecule has 5 rings (SSSR count). The molecule has 1 saturated heterocycles. The maximum absolute atomic E-state index is 4.61. The SMILES string of the molecule is CCn1cc(-c2cnc3c(Nc4ccnc(N5CCNCC5)c4)nccn23)cn1. The highest BCUT2D eigenvalue weighted by atomic mass is 15.3. The number of rotatable bonds is 5. The average Bonchev–Trinajstić information content (AvgIpc) is 3.42. The highest BCUT2D eigenvalue weighted by molar-refractivity contribution is 5.74. The minimum absolute atomic E-state index is 0.707. The number of aromatic nitrogens is 6. The molecule has 0 spiro atoms. The zero-order valence-corrected chi connectivity index (χ0v) is 16.3. The molecule has 0 unspecified atom stereocenters. The van der Waals surface area contributed by atoms with Gasteiger partial charge in [0, 0.05) is 74.8 Å². The van der Waals surface area contributed by atoms with Crippen molar-refractivity contribution in [2.75, 3.05) is 36.4 Å². The second kappa shape index (κ2) is 7.51. The molecule has 0 aliphatic carbocycles. The fraction of sp³-hybridized carbons (Fsp3) is 0.300. The largest absolute Gasteiger partial charge is 0.354 e.